The van der Waals surface area contributed by atoms with Gasteiger partial charge in [0.1, 0.15) is 5.82 Å². The second-order valence-electron chi connectivity index (χ2n) is 9.39. The molecular weight excluding hydrogens is 495 g/mol. The minimum atomic E-state index is -0.245. The molecule has 1 fully saturated rings. The Labute approximate surface area is 233 Å². The number of fused-ring (bicyclic) bond motifs is 1. The van der Waals surface area contributed by atoms with Gasteiger partial charge in [0.25, 0.3) is 0 Å². The summed E-state index contributed by atoms with van der Waals surface area (Å²) >= 11 is 6.32. The maximum Gasteiger partial charge on any atom is 0.126 e. The molecule has 1 saturated heterocycles. The van der Waals surface area contributed by atoms with E-state index in [-0.39, 0.29) is 5.82 Å². The van der Waals surface area contributed by atoms with Crippen molar-refractivity contribution in [3.63, 3.8) is 0 Å². The van der Waals surface area contributed by atoms with Crippen LogP contribution in [0.2, 0.25) is 5.02 Å². The van der Waals surface area contributed by atoms with Crippen LogP contribution in [0.15, 0.2) is 74.1 Å². The van der Waals surface area contributed by atoms with Crippen molar-refractivity contribution in [2.45, 2.75) is 33.1 Å². The lowest BCUT2D eigenvalue weighted by molar-refractivity contribution is 0.182. The summed E-state index contributed by atoms with van der Waals surface area (Å²) in [5, 5.41) is 4.17. The third kappa shape index (κ3) is 9.30. The van der Waals surface area contributed by atoms with Crippen LogP contribution in [-0.4, -0.2) is 55.1 Å². The predicted molar refractivity (Wildman–Crippen MR) is 164 cm³/mol. The number of piperazine rings is 1. The highest BCUT2D eigenvalue weighted by atomic mass is 35.5. The molecule has 38 heavy (non-hydrogen) atoms. The normalized spacial score (nSPS) is 13.1. The van der Waals surface area contributed by atoms with Crippen molar-refractivity contribution in [3.8, 4) is 11.3 Å². The monoisotopic (exact) mass is 536 g/mol. The molecule has 0 radical (unpaired) electrons. The van der Waals surface area contributed by atoms with Crippen LogP contribution in [0.5, 0.6) is 0 Å². The molecule has 0 aliphatic carbocycles. The minimum absolute atomic E-state index is 0.245. The number of rotatable bonds is 7. The number of allylic oxidation sites excluding steroid dienone is 1. The second-order valence-corrected chi connectivity index (χ2v) is 9.79. The van der Waals surface area contributed by atoms with Crippen molar-refractivity contribution in [3.05, 3.63) is 96.1 Å². The van der Waals surface area contributed by atoms with Crippen LogP contribution in [-0.2, 0) is 0 Å². The van der Waals surface area contributed by atoms with E-state index in [2.05, 4.69) is 53.8 Å². The Morgan fingerprint density at radius 3 is 2.37 bits per heavy atom. The van der Waals surface area contributed by atoms with E-state index in [1.54, 1.807) is 31.3 Å². The summed E-state index contributed by atoms with van der Waals surface area (Å²) in [6.07, 6.45) is 7.12. The van der Waals surface area contributed by atoms with Gasteiger partial charge in [0, 0.05) is 49.9 Å². The lowest BCUT2D eigenvalue weighted by Gasteiger charge is -2.35. The SMILES string of the molecule is C=C(CCCC)N1CCN(C)CC1.C=CNC.C=Cc1ccc2c(Cl)cc(-c3ccc(C)c(F)c3)nc2c1. The Morgan fingerprint density at radius 1 is 1.11 bits per heavy atom. The van der Waals surface area contributed by atoms with Crippen molar-refractivity contribution < 1.29 is 4.39 Å². The zero-order chi connectivity index (χ0) is 28.1. The summed E-state index contributed by atoms with van der Waals surface area (Å²) in [6, 6.07) is 12.6. The standard InChI is InChI=1S/C18H13ClFN.C11H22N2.C3H7N/c1-3-12-5-7-14-15(19)10-17(21-18(14)8-12)13-6-4-11(2)16(20)9-13;1-4-5-6-11(2)13-9-7-12(3)8-10-13;1-3-4-2/h3-10H,1H2,2H3;2,4-10H2,1,3H3;3-4H,1H2,2H3. The van der Waals surface area contributed by atoms with Crippen LogP contribution in [0.25, 0.3) is 28.2 Å². The molecule has 0 unspecified atom stereocenters. The number of unbranched alkanes of at least 4 members (excludes halogenated alkanes) is 1. The molecule has 4 nitrogen and oxygen atoms in total. The molecular formula is C32H42ClFN4. The Hall–Kier alpha value is -3.15. The summed E-state index contributed by atoms with van der Waals surface area (Å²) in [7, 11) is 4.00. The van der Waals surface area contributed by atoms with Crippen LogP contribution in [0.4, 0.5) is 4.39 Å². The molecule has 1 aromatic heterocycles. The van der Waals surface area contributed by atoms with E-state index in [1.165, 1.54) is 57.2 Å². The van der Waals surface area contributed by atoms with Crippen LogP contribution in [0.3, 0.4) is 0 Å². The van der Waals surface area contributed by atoms with Gasteiger partial charge in [-0.2, -0.15) is 0 Å². The van der Waals surface area contributed by atoms with E-state index in [1.807, 2.05) is 31.3 Å². The quantitative estimate of drug-likeness (QED) is 0.332. The largest absolute Gasteiger partial charge is 0.394 e. The number of nitrogens with one attached hydrogen (secondary N) is 1. The van der Waals surface area contributed by atoms with E-state index in [0.717, 1.165) is 16.5 Å². The molecule has 3 aromatic rings. The van der Waals surface area contributed by atoms with Crippen molar-refractivity contribution in [2.24, 2.45) is 0 Å². The van der Waals surface area contributed by atoms with Crippen molar-refractivity contribution in [2.75, 3.05) is 40.3 Å². The number of aryl methyl sites for hydroxylation is 1. The highest BCUT2D eigenvalue weighted by Gasteiger charge is 2.14. The average molecular weight is 537 g/mol. The zero-order valence-corrected chi connectivity index (χ0v) is 24.1. The summed E-state index contributed by atoms with van der Waals surface area (Å²) in [4.78, 5) is 9.41. The van der Waals surface area contributed by atoms with Gasteiger partial charge in [-0.15, -0.1) is 0 Å². The Kier molecular flexibility index (Phi) is 13.0. The van der Waals surface area contributed by atoms with E-state index in [0.29, 0.717) is 21.8 Å². The van der Waals surface area contributed by atoms with Crippen LogP contribution >= 0.6 is 11.6 Å². The van der Waals surface area contributed by atoms with Gasteiger partial charge in [-0.3, -0.25) is 0 Å². The predicted octanol–water partition coefficient (Wildman–Crippen LogP) is 7.93. The van der Waals surface area contributed by atoms with Gasteiger partial charge in [0.15, 0.2) is 0 Å². The smallest absolute Gasteiger partial charge is 0.126 e. The average Bonchev–Trinajstić information content (AvgIpc) is 2.93. The maximum absolute atomic E-state index is 13.7. The highest BCUT2D eigenvalue weighted by Crippen LogP contribution is 2.29. The van der Waals surface area contributed by atoms with Gasteiger partial charge in [0.2, 0.25) is 0 Å². The summed E-state index contributed by atoms with van der Waals surface area (Å²) in [5.74, 6) is -0.245. The first-order chi connectivity index (χ1) is 18.2. The molecule has 4 rings (SSSR count). The van der Waals surface area contributed by atoms with Gasteiger partial charge >= 0.3 is 0 Å². The molecule has 0 atom stereocenters. The van der Waals surface area contributed by atoms with Crippen molar-refractivity contribution >= 4 is 28.6 Å². The van der Waals surface area contributed by atoms with E-state index >= 15 is 0 Å². The van der Waals surface area contributed by atoms with Gasteiger partial charge in [-0.1, -0.05) is 75.0 Å². The van der Waals surface area contributed by atoms with Gasteiger partial charge in [0.05, 0.1) is 16.2 Å². The third-order valence-corrected chi connectivity index (χ3v) is 6.77. The molecule has 1 aliphatic heterocycles. The molecule has 0 saturated carbocycles. The number of benzene rings is 2. The lowest BCUT2D eigenvalue weighted by Crippen LogP contribution is -2.43. The molecule has 1 N–H and O–H groups in total. The summed E-state index contributed by atoms with van der Waals surface area (Å²) < 4.78 is 13.7. The van der Waals surface area contributed by atoms with Crippen LogP contribution in [0, 0.1) is 12.7 Å². The lowest BCUT2D eigenvalue weighted by atomic mass is 10.1. The number of halogens is 2. The first kappa shape index (κ1) is 31.1. The van der Waals surface area contributed by atoms with Crippen LogP contribution < -0.4 is 5.32 Å². The van der Waals surface area contributed by atoms with Gasteiger partial charge in [-0.25, -0.2) is 9.37 Å². The molecule has 2 heterocycles. The molecule has 204 valence electrons. The fourth-order valence-electron chi connectivity index (χ4n) is 3.89. The Balaban J connectivity index is 0.000000255. The number of nitrogens with zero attached hydrogens (tertiary/aromatic N) is 3. The molecule has 0 spiro atoms. The molecule has 0 bridgehead atoms. The van der Waals surface area contributed by atoms with Gasteiger partial charge < -0.3 is 15.1 Å². The number of aromatic nitrogens is 1. The first-order valence-corrected chi connectivity index (χ1v) is 13.5. The minimum Gasteiger partial charge on any atom is -0.394 e. The van der Waals surface area contributed by atoms with Crippen molar-refractivity contribution in [1.82, 2.24) is 20.1 Å². The summed E-state index contributed by atoms with van der Waals surface area (Å²) in [6.45, 7) is 19.9. The van der Waals surface area contributed by atoms with E-state index in [4.69, 9.17) is 11.6 Å². The Morgan fingerprint density at radius 2 is 1.79 bits per heavy atom. The second kappa shape index (κ2) is 16.0. The molecule has 1 aliphatic rings. The van der Waals surface area contributed by atoms with Crippen LogP contribution in [0.1, 0.15) is 37.3 Å². The number of likely N-dealkylation sites (N-methyl/N-ethyl adjacent to an activating group) is 1. The molecule has 2 aromatic carbocycles. The maximum atomic E-state index is 13.7. The van der Waals surface area contributed by atoms with E-state index < -0.39 is 0 Å². The first-order valence-electron chi connectivity index (χ1n) is 13.1. The zero-order valence-electron chi connectivity index (χ0n) is 23.4. The third-order valence-electron chi connectivity index (χ3n) is 6.46. The highest BCUT2D eigenvalue weighted by molar-refractivity contribution is 6.35. The molecule has 6 heteroatoms. The Bertz CT molecular complexity index is 1220. The number of hydrogen-bond acceptors (Lipinski definition) is 4. The molecule has 0 amide bonds. The van der Waals surface area contributed by atoms with Crippen molar-refractivity contribution in [1.29, 1.82) is 0 Å². The summed E-state index contributed by atoms with van der Waals surface area (Å²) in [5.41, 5.74) is 5.07. The number of pyridine rings is 1. The van der Waals surface area contributed by atoms with E-state index in [9.17, 15) is 4.39 Å². The topological polar surface area (TPSA) is 31.4 Å². The fraction of sp³-hybridized carbons (Fsp3) is 0.344. The number of hydrogen-bond donors (Lipinski definition) is 1. The van der Waals surface area contributed by atoms with Gasteiger partial charge in [-0.05, 0) is 62.3 Å². The fourth-order valence-corrected chi connectivity index (χ4v) is 4.15.